The Bertz CT molecular complexity index is 3030. The molecule has 0 N–H and O–H groups in total. The van der Waals surface area contributed by atoms with Gasteiger partial charge in [-0.2, -0.15) is 0 Å². The van der Waals surface area contributed by atoms with Crippen LogP contribution in [0.2, 0.25) is 0 Å². The summed E-state index contributed by atoms with van der Waals surface area (Å²) in [7, 11) is 0. The highest BCUT2D eigenvalue weighted by Gasteiger charge is 2.25. The van der Waals surface area contributed by atoms with Crippen molar-refractivity contribution in [3.8, 4) is 77.9 Å². The molecule has 0 heterocycles. The molecule has 0 saturated heterocycles. The first-order valence-corrected chi connectivity index (χ1v) is 20.9. The van der Waals surface area contributed by atoms with Gasteiger partial charge in [0.2, 0.25) is 0 Å². The van der Waals surface area contributed by atoms with Crippen molar-refractivity contribution in [1.82, 2.24) is 0 Å². The standard InChI is InChI=1S/C60H43N/c1-6-21-44(22-7-1)50-31-20-32-52(43-50)61(51-39-37-48(38-40-51)54-34-17-19-36-58(54)57-35-18-16-33-53(57)45-23-8-2-9-24-45)60-56(47-27-12-4-13-28-47)42-41-55(46-25-10-3-11-26-46)59(60)49-29-14-5-15-30-49/h1-43H. The monoisotopic (exact) mass is 777 g/mol. The summed E-state index contributed by atoms with van der Waals surface area (Å²) in [5.41, 5.74) is 19.8. The molecule has 0 saturated carbocycles. The minimum Gasteiger partial charge on any atom is -0.309 e. The summed E-state index contributed by atoms with van der Waals surface area (Å²) in [6, 6.07) is 94.1. The van der Waals surface area contributed by atoms with Crippen LogP contribution in [0.3, 0.4) is 0 Å². The molecule has 0 radical (unpaired) electrons. The lowest BCUT2D eigenvalue weighted by molar-refractivity contribution is 1.28. The van der Waals surface area contributed by atoms with Crippen molar-refractivity contribution in [3.63, 3.8) is 0 Å². The van der Waals surface area contributed by atoms with E-state index in [1.807, 2.05) is 0 Å². The second-order valence-electron chi connectivity index (χ2n) is 15.2. The van der Waals surface area contributed by atoms with Crippen LogP contribution >= 0.6 is 0 Å². The number of anilines is 3. The number of benzene rings is 10. The summed E-state index contributed by atoms with van der Waals surface area (Å²) in [5, 5.41) is 0. The Balaban J connectivity index is 1.21. The van der Waals surface area contributed by atoms with E-state index < -0.39 is 0 Å². The maximum Gasteiger partial charge on any atom is 0.0624 e. The van der Waals surface area contributed by atoms with Gasteiger partial charge in [-0.25, -0.2) is 0 Å². The van der Waals surface area contributed by atoms with Crippen LogP contribution in [0.15, 0.2) is 261 Å². The molecule has 10 aromatic carbocycles. The molecule has 1 nitrogen and oxygen atoms in total. The molecule has 0 atom stereocenters. The van der Waals surface area contributed by atoms with E-state index in [2.05, 4.69) is 266 Å². The van der Waals surface area contributed by atoms with Crippen molar-refractivity contribution >= 4 is 17.1 Å². The lowest BCUT2D eigenvalue weighted by Gasteiger charge is -2.32. The fourth-order valence-corrected chi connectivity index (χ4v) is 8.64. The summed E-state index contributed by atoms with van der Waals surface area (Å²) in [6.45, 7) is 0. The minimum absolute atomic E-state index is 1.07. The zero-order valence-electron chi connectivity index (χ0n) is 33.8. The Morgan fingerprint density at radius 1 is 0.197 bits per heavy atom. The quantitative estimate of drug-likeness (QED) is 0.134. The Morgan fingerprint density at radius 3 is 1.10 bits per heavy atom. The first-order valence-electron chi connectivity index (χ1n) is 20.9. The molecule has 0 unspecified atom stereocenters. The van der Waals surface area contributed by atoms with Crippen LogP contribution in [0.4, 0.5) is 17.1 Å². The molecule has 0 aromatic heterocycles. The molecule has 1 heteroatoms. The van der Waals surface area contributed by atoms with Gasteiger partial charge in [0.1, 0.15) is 0 Å². The maximum absolute atomic E-state index is 2.48. The van der Waals surface area contributed by atoms with Crippen LogP contribution in [0, 0.1) is 0 Å². The van der Waals surface area contributed by atoms with E-state index in [-0.39, 0.29) is 0 Å². The molecule has 10 aromatic rings. The molecule has 0 aliphatic heterocycles. The SMILES string of the molecule is c1ccc(-c2cccc(N(c3ccc(-c4ccccc4-c4ccccc4-c4ccccc4)cc3)c3c(-c4ccccc4)ccc(-c4ccccc4)c3-c3ccccc3)c2)cc1. The van der Waals surface area contributed by atoms with Gasteiger partial charge in [-0.3, -0.25) is 0 Å². The van der Waals surface area contributed by atoms with Crippen molar-refractivity contribution in [2.75, 3.05) is 4.90 Å². The second kappa shape index (κ2) is 17.1. The smallest absolute Gasteiger partial charge is 0.0624 e. The van der Waals surface area contributed by atoms with Gasteiger partial charge < -0.3 is 4.90 Å². The number of nitrogens with zero attached hydrogens (tertiary/aromatic N) is 1. The van der Waals surface area contributed by atoms with Crippen LogP contribution < -0.4 is 4.90 Å². The molecule has 0 aliphatic carbocycles. The number of hydrogen-bond donors (Lipinski definition) is 0. The van der Waals surface area contributed by atoms with Crippen molar-refractivity contribution in [2.24, 2.45) is 0 Å². The van der Waals surface area contributed by atoms with Gasteiger partial charge in [0.25, 0.3) is 0 Å². The summed E-state index contributed by atoms with van der Waals surface area (Å²) >= 11 is 0. The van der Waals surface area contributed by atoms with Crippen molar-refractivity contribution in [2.45, 2.75) is 0 Å². The predicted octanol–water partition coefficient (Wildman–Crippen LogP) is 16.8. The Kier molecular flexibility index (Phi) is 10.4. The molecular weight excluding hydrogens is 735 g/mol. The Morgan fingerprint density at radius 2 is 0.574 bits per heavy atom. The summed E-state index contributed by atoms with van der Waals surface area (Å²) in [4.78, 5) is 2.48. The van der Waals surface area contributed by atoms with Gasteiger partial charge in [-0.05, 0) is 91.0 Å². The molecule has 61 heavy (non-hydrogen) atoms. The third kappa shape index (κ3) is 7.58. The van der Waals surface area contributed by atoms with E-state index in [4.69, 9.17) is 0 Å². The van der Waals surface area contributed by atoms with Crippen molar-refractivity contribution in [3.05, 3.63) is 261 Å². The van der Waals surface area contributed by atoms with E-state index >= 15 is 0 Å². The molecule has 0 spiro atoms. The third-order valence-electron chi connectivity index (χ3n) is 11.5. The number of hydrogen-bond acceptors (Lipinski definition) is 1. The van der Waals surface area contributed by atoms with Gasteiger partial charge >= 0.3 is 0 Å². The molecule has 0 fully saturated rings. The van der Waals surface area contributed by atoms with Gasteiger partial charge in [0.15, 0.2) is 0 Å². The largest absolute Gasteiger partial charge is 0.309 e. The van der Waals surface area contributed by atoms with Crippen LogP contribution in [0.25, 0.3) is 77.9 Å². The van der Waals surface area contributed by atoms with Gasteiger partial charge in [0.05, 0.1) is 5.69 Å². The van der Waals surface area contributed by atoms with Gasteiger partial charge in [-0.15, -0.1) is 0 Å². The summed E-state index contributed by atoms with van der Waals surface area (Å²) in [5.74, 6) is 0. The highest BCUT2D eigenvalue weighted by Crippen LogP contribution is 2.51. The van der Waals surface area contributed by atoms with Crippen LogP contribution in [-0.2, 0) is 0 Å². The average Bonchev–Trinajstić information content (AvgIpc) is 3.35. The molecule has 10 rings (SSSR count). The van der Waals surface area contributed by atoms with Crippen LogP contribution in [-0.4, -0.2) is 0 Å². The highest BCUT2D eigenvalue weighted by molar-refractivity contribution is 6.04. The molecule has 0 amide bonds. The summed E-state index contributed by atoms with van der Waals surface area (Å²) < 4.78 is 0. The van der Waals surface area contributed by atoms with E-state index in [0.717, 1.165) is 44.9 Å². The lowest BCUT2D eigenvalue weighted by Crippen LogP contribution is -2.13. The lowest BCUT2D eigenvalue weighted by atomic mass is 9.87. The van der Waals surface area contributed by atoms with E-state index in [0.29, 0.717) is 0 Å². The highest BCUT2D eigenvalue weighted by atomic mass is 15.1. The average molecular weight is 778 g/mol. The Labute approximate surface area is 359 Å². The van der Waals surface area contributed by atoms with Gasteiger partial charge in [0, 0.05) is 22.5 Å². The fourth-order valence-electron chi connectivity index (χ4n) is 8.64. The van der Waals surface area contributed by atoms with Gasteiger partial charge in [-0.1, -0.05) is 237 Å². The third-order valence-corrected chi connectivity index (χ3v) is 11.5. The van der Waals surface area contributed by atoms with E-state index in [1.165, 1.54) is 50.1 Å². The molecule has 0 bridgehead atoms. The van der Waals surface area contributed by atoms with Crippen LogP contribution in [0.5, 0.6) is 0 Å². The summed E-state index contributed by atoms with van der Waals surface area (Å²) in [6.07, 6.45) is 0. The fraction of sp³-hybridized carbons (Fsp3) is 0. The zero-order chi connectivity index (χ0) is 40.8. The Hall–Kier alpha value is -8.00. The van der Waals surface area contributed by atoms with Crippen molar-refractivity contribution < 1.29 is 0 Å². The molecule has 0 aliphatic rings. The first kappa shape index (κ1) is 37.3. The zero-order valence-corrected chi connectivity index (χ0v) is 33.8. The molecular formula is C60H43N. The maximum atomic E-state index is 2.48. The first-order chi connectivity index (χ1) is 30.3. The predicted molar refractivity (Wildman–Crippen MR) is 259 cm³/mol. The molecule has 288 valence electrons. The van der Waals surface area contributed by atoms with Crippen molar-refractivity contribution in [1.29, 1.82) is 0 Å². The topological polar surface area (TPSA) is 3.24 Å². The van der Waals surface area contributed by atoms with Crippen LogP contribution in [0.1, 0.15) is 0 Å². The minimum atomic E-state index is 1.07. The number of rotatable bonds is 10. The van der Waals surface area contributed by atoms with E-state index in [1.54, 1.807) is 0 Å². The second-order valence-corrected chi connectivity index (χ2v) is 15.2. The van der Waals surface area contributed by atoms with E-state index in [9.17, 15) is 0 Å². The normalized spacial score (nSPS) is 11.0.